The number of hydrogen-bond acceptors (Lipinski definition) is 10. The second kappa shape index (κ2) is 14.2. The fraction of sp³-hybridized carbons (Fsp3) is 0.625. The summed E-state index contributed by atoms with van der Waals surface area (Å²) in [6, 6.07) is 3.71. The number of ether oxygens (including phenoxy) is 7. The molecule has 11 nitrogen and oxygen atoms in total. The highest BCUT2D eigenvalue weighted by Crippen LogP contribution is 2.22. The number of hydrogen-bond donors (Lipinski definition) is 0. The highest BCUT2D eigenvalue weighted by atomic mass is 16.7. The maximum absolute atomic E-state index is 13.4. The lowest BCUT2D eigenvalue weighted by Gasteiger charge is -2.31. The van der Waals surface area contributed by atoms with Crippen LogP contribution in [0.15, 0.2) is 16.9 Å². The zero-order chi connectivity index (χ0) is 26.0. The minimum absolute atomic E-state index is 0.00923. The van der Waals surface area contributed by atoms with Gasteiger partial charge in [0.25, 0.3) is 5.56 Å². The highest BCUT2D eigenvalue weighted by Gasteiger charge is 2.30. The number of fused-ring (bicyclic) bond motifs is 1. The first-order valence-electron chi connectivity index (χ1n) is 11.2. The third-order valence-electron chi connectivity index (χ3n) is 5.76. The molecule has 3 atom stereocenters. The summed E-state index contributed by atoms with van der Waals surface area (Å²) in [5.74, 6) is -1.08. The second-order valence-electron chi connectivity index (χ2n) is 8.15. The zero-order valence-corrected chi connectivity index (χ0v) is 21.5. The molecule has 0 aliphatic heterocycles. The average Bonchev–Trinajstić information content (AvgIpc) is 2.85. The fourth-order valence-electron chi connectivity index (χ4n) is 3.61. The van der Waals surface area contributed by atoms with Crippen molar-refractivity contribution in [3.8, 4) is 0 Å². The smallest absolute Gasteiger partial charge is 0.362 e. The van der Waals surface area contributed by atoms with Gasteiger partial charge in [0.15, 0.2) is 0 Å². The maximum Gasteiger partial charge on any atom is 0.362 e. The number of nitrogens with zero attached hydrogens (tertiary/aromatic N) is 2. The third-order valence-corrected chi connectivity index (χ3v) is 5.76. The van der Waals surface area contributed by atoms with Crippen LogP contribution in [0.1, 0.15) is 28.5 Å². The summed E-state index contributed by atoms with van der Waals surface area (Å²) < 4.78 is 38.8. The van der Waals surface area contributed by atoms with Crippen LogP contribution in [0.25, 0.3) is 11.0 Å². The molecular weight excluding hydrogens is 460 g/mol. The number of aromatic nitrogens is 2. The van der Waals surface area contributed by atoms with Crippen LogP contribution in [-0.2, 0) is 39.7 Å². The molecule has 0 amide bonds. The first-order valence-corrected chi connectivity index (χ1v) is 11.2. The number of methoxy groups -OCH3 is 4. The van der Waals surface area contributed by atoms with Gasteiger partial charge in [0.05, 0.1) is 43.5 Å². The lowest BCUT2D eigenvalue weighted by Crippen LogP contribution is -2.42. The van der Waals surface area contributed by atoms with Gasteiger partial charge in [0.2, 0.25) is 5.69 Å². The van der Waals surface area contributed by atoms with Gasteiger partial charge in [-0.1, -0.05) is 6.92 Å². The van der Waals surface area contributed by atoms with Crippen molar-refractivity contribution >= 4 is 17.0 Å². The monoisotopic (exact) mass is 496 g/mol. The molecule has 0 aliphatic carbocycles. The van der Waals surface area contributed by atoms with Crippen molar-refractivity contribution in [2.24, 2.45) is 5.92 Å². The molecule has 0 saturated heterocycles. The van der Waals surface area contributed by atoms with Crippen molar-refractivity contribution in [1.29, 1.82) is 0 Å². The topological polar surface area (TPSA) is 117 Å². The Labute approximate surface area is 205 Å². The van der Waals surface area contributed by atoms with Gasteiger partial charge in [-0.05, 0) is 37.1 Å². The predicted octanol–water partition coefficient (Wildman–Crippen LogP) is 2.03. The van der Waals surface area contributed by atoms with Crippen molar-refractivity contribution in [3.63, 3.8) is 0 Å². The molecule has 0 saturated carbocycles. The summed E-state index contributed by atoms with van der Waals surface area (Å²) in [4.78, 5) is 30.0. The number of aryl methyl sites for hydroxylation is 2. The van der Waals surface area contributed by atoms with E-state index in [0.717, 1.165) is 11.1 Å². The molecule has 1 aromatic carbocycles. The molecule has 0 spiro atoms. The van der Waals surface area contributed by atoms with Crippen LogP contribution in [0.5, 0.6) is 0 Å². The lowest BCUT2D eigenvalue weighted by atomic mass is 9.97. The van der Waals surface area contributed by atoms with Gasteiger partial charge in [-0.3, -0.25) is 4.79 Å². The Balaban J connectivity index is 2.55. The minimum atomic E-state index is -0.805. The lowest BCUT2D eigenvalue weighted by molar-refractivity contribution is -0.166. The largest absolute Gasteiger partial charge is 0.464 e. The molecule has 196 valence electrons. The standard InChI is InChI=1S/C24H36N2O9/c1-15-8-18-19(9-16(15)2)26(23(27)22(25-18)24(28)32-7)10-20(34-13-30-5)17(3)21(35-14-31-6)11-33-12-29-4/h8-9,17,20-21H,10-14H2,1-7H3/t17-,20-,21+/m0/s1. The second-order valence-corrected chi connectivity index (χ2v) is 8.15. The van der Waals surface area contributed by atoms with Crippen molar-refractivity contribution in [2.75, 3.05) is 55.4 Å². The molecule has 1 aromatic heterocycles. The highest BCUT2D eigenvalue weighted by molar-refractivity contribution is 5.89. The molecule has 0 N–H and O–H groups in total. The third kappa shape index (κ3) is 7.53. The van der Waals surface area contributed by atoms with Crippen LogP contribution in [0, 0.1) is 19.8 Å². The molecule has 0 unspecified atom stereocenters. The Morgan fingerprint density at radius 3 is 2.14 bits per heavy atom. The van der Waals surface area contributed by atoms with Crippen LogP contribution in [0.2, 0.25) is 0 Å². The van der Waals surface area contributed by atoms with Crippen LogP contribution in [0.3, 0.4) is 0 Å². The molecular formula is C24H36N2O9. The Morgan fingerprint density at radius 1 is 0.943 bits per heavy atom. The van der Waals surface area contributed by atoms with E-state index in [-0.39, 0.29) is 45.1 Å². The number of rotatable bonds is 15. The summed E-state index contributed by atoms with van der Waals surface area (Å²) in [6.07, 6.45) is -1.00. The van der Waals surface area contributed by atoms with E-state index in [1.807, 2.05) is 32.9 Å². The van der Waals surface area contributed by atoms with Gasteiger partial charge in [0, 0.05) is 27.2 Å². The van der Waals surface area contributed by atoms with E-state index in [9.17, 15) is 9.59 Å². The molecule has 0 radical (unpaired) electrons. The Bertz CT molecular complexity index is 1020. The van der Waals surface area contributed by atoms with E-state index in [4.69, 9.17) is 33.2 Å². The van der Waals surface area contributed by atoms with Gasteiger partial charge < -0.3 is 37.7 Å². The SMILES string of the molecule is COCOC[C@@H](OCOC)[C@@H](C)[C@H](Cn1c(=O)c(C(=O)OC)nc2cc(C)c(C)cc21)OCOC. The van der Waals surface area contributed by atoms with Gasteiger partial charge >= 0.3 is 5.97 Å². The van der Waals surface area contributed by atoms with E-state index < -0.39 is 23.7 Å². The minimum Gasteiger partial charge on any atom is -0.464 e. The molecule has 0 bridgehead atoms. The van der Waals surface area contributed by atoms with Gasteiger partial charge in [-0.2, -0.15) is 0 Å². The number of esters is 1. The molecule has 11 heteroatoms. The molecule has 35 heavy (non-hydrogen) atoms. The molecule has 0 aliphatic rings. The predicted molar refractivity (Wildman–Crippen MR) is 127 cm³/mol. The van der Waals surface area contributed by atoms with E-state index in [1.54, 1.807) is 0 Å². The molecule has 2 aromatic rings. The normalized spacial score (nSPS) is 14.1. The van der Waals surface area contributed by atoms with Crippen molar-refractivity contribution in [3.05, 3.63) is 39.3 Å². The first-order chi connectivity index (χ1) is 16.8. The van der Waals surface area contributed by atoms with Crippen LogP contribution < -0.4 is 5.56 Å². The average molecular weight is 497 g/mol. The van der Waals surface area contributed by atoms with Gasteiger partial charge in [0.1, 0.15) is 20.4 Å². The summed E-state index contributed by atoms with van der Waals surface area (Å²) in [7, 11) is 5.78. The fourth-order valence-corrected chi connectivity index (χ4v) is 3.61. The number of carbonyl (C=O) groups is 1. The Morgan fingerprint density at radius 2 is 1.54 bits per heavy atom. The molecule has 2 rings (SSSR count). The quantitative estimate of drug-likeness (QED) is 0.206. The van der Waals surface area contributed by atoms with E-state index in [0.29, 0.717) is 11.0 Å². The first kappa shape index (κ1) is 28.8. The van der Waals surface area contributed by atoms with E-state index >= 15 is 0 Å². The van der Waals surface area contributed by atoms with Crippen LogP contribution >= 0.6 is 0 Å². The Kier molecular flexibility index (Phi) is 11.7. The van der Waals surface area contributed by atoms with Crippen LogP contribution in [-0.4, -0.2) is 83.2 Å². The zero-order valence-electron chi connectivity index (χ0n) is 21.5. The molecule has 0 fully saturated rings. The van der Waals surface area contributed by atoms with E-state index in [1.165, 1.54) is 33.0 Å². The number of benzene rings is 1. The van der Waals surface area contributed by atoms with Gasteiger partial charge in [-0.15, -0.1) is 0 Å². The van der Waals surface area contributed by atoms with E-state index in [2.05, 4.69) is 4.98 Å². The van der Waals surface area contributed by atoms with Crippen molar-refractivity contribution in [2.45, 2.75) is 39.5 Å². The maximum atomic E-state index is 13.4. The Hall–Kier alpha value is -2.41. The number of carbonyl (C=O) groups excluding carboxylic acids is 1. The summed E-state index contributed by atoms with van der Waals surface area (Å²) in [6.45, 7) is 6.25. The molecule has 1 heterocycles. The summed E-state index contributed by atoms with van der Waals surface area (Å²) in [5, 5.41) is 0. The van der Waals surface area contributed by atoms with Crippen molar-refractivity contribution in [1.82, 2.24) is 9.55 Å². The summed E-state index contributed by atoms with van der Waals surface area (Å²) >= 11 is 0. The van der Waals surface area contributed by atoms with Crippen molar-refractivity contribution < 1.29 is 38.0 Å². The summed E-state index contributed by atoms with van der Waals surface area (Å²) in [5.41, 5.74) is 2.17. The van der Waals surface area contributed by atoms with Crippen LogP contribution in [0.4, 0.5) is 0 Å². The van der Waals surface area contributed by atoms with Gasteiger partial charge in [-0.25, -0.2) is 9.78 Å².